The minimum absolute atomic E-state index is 0.135. The zero-order valence-corrected chi connectivity index (χ0v) is 11.8. The van der Waals surface area contributed by atoms with Crippen molar-refractivity contribution in [3.8, 4) is 0 Å². The Kier molecular flexibility index (Phi) is 5.20. The van der Waals surface area contributed by atoms with E-state index in [1.165, 1.54) is 0 Å². The smallest absolute Gasteiger partial charge is 0.379 e. The molecule has 0 aliphatic rings. The zero-order valence-electron chi connectivity index (χ0n) is 11.8. The fraction of sp³-hybridized carbons (Fsp3) is 0.375. The Labute approximate surface area is 121 Å². The molecule has 0 fully saturated rings. The van der Waals surface area contributed by atoms with Gasteiger partial charge in [-0.15, -0.1) is 0 Å². The summed E-state index contributed by atoms with van der Waals surface area (Å²) in [6.07, 6.45) is -5.09. The average Bonchev–Trinajstić information content (AvgIpc) is 2.46. The number of fused-ring (bicyclic) bond motifs is 1. The first-order chi connectivity index (χ1) is 10.0. The van der Waals surface area contributed by atoms with Crippen LogP contribution in [-0.2, 0) is 4.74 Å². The topological polar surface area (TPSA) is 21.3 Å². The van der Waals surface area contributed by atoms with E-state index in [0.29, 0.717) is 0 Å². The van der Waals surface area contributed by atoms with Gasteiger partial charge in [-0.25, -0.2) is 0 Å². The normalized spacial score (nSPS) is 13.5. The van der Waals surface area contributed by atoms with Crippen LogP contribution in [0.25, 0.3) is 10.8 Å². The largest absolute Gasteiger partial charge is 0.391 e. The van der Waals surface area contributed by atoms with Crippen LogP contribution in [-0.4, -0.2) is 26.4 Å². The van der Waals surface area contributed by atoms with E-state index in [2.05, 4.69) is 5.32 Å². The lowest BCUT2D eigenvalue weighted by atomic mass is 9.99. The van der Waals surface area contributed by atoms with Gasteiger partial charge in [0.2, 0.25) is 0 Å². The number of hydrogen-bond acceptors (Lipinski definition) is 2. The van der Waals surface area contributed by atoms with E-state index < -0.39 is 12.6 Å². The predicted octanol–water partition coefficient (Wildman–Crippen LogP) is 4.07. The number of benzene rings is 2. The lowest BCUT2D eigenvalue weighted by molar-refractivity contribution is -0.145. The summed E-state index contributed by atoms with van der Waals surface area (Å²) >= 11 is 0. The monoisotopic (exact) mass is 297 g/mol. The zero-order chi connectivity index (χ0) is 15.3. The van der Waals surface area contributed by atoms with Crippen molar-refractivity contribution in [1.29, 1.82) is 0 Å². The summed E-state index contributed by atoms with van der Waals surface area (Å²) in [6, 6.07) is 13.7. The molecule has 2 nitrogen and oxygen atoms in total. The second-order valence-electron chi connectivity index (χ2n) is 4.85. The van der Waals surface area contributed by atoms with E-state index in [-0.39, 0.29) is 19.3 Å². The number of likely N-dealkylation sites (N-methyl/N-ethyl adjacent to an activating group) is 1. The molecule has 0 bridgehead atoms. The second kappa shape index (κ2) is 6.91. The molecular formula is C16H18F3NO. The lowest BCUT2D eigenvalue weighted by Crippen LogP contribution is -2.23. The van der Waals surface area contributed by atoms with Crippen LogP contribution in [0.5, 0.6) is 0 Å². The Morgan fingerprint density at radius 2 is 1.81 bits per heavy atom. The van der Waals surface area contributed by atoms with Gasteiger partial charge in [0.1, 0.15) is 0 Å². The molecule has 114 valence electrons. The van der Waals surface area contributed by atoms with Gasteiger partial charge >= 0.3 is 6.18 Å². The summed E-state index contributed by atoms with van der Waals surface area (Å²) in [6.45, 7) is -0.104. The summed E-state index contributed by atoms with van der Waals surface area (Å²) in [4.78, 5) is 0. The molecule has 0 spiro atoms. The summed E-state index contributed by atoms with van der Waals surface area (Å²) < 4.78 is 41.5. The summed E-state index contributed by atoms with van der Waals surface area (Å²) in [5.41, 5.74) is 1.03. The predicted molar refractivity (Wildman–Crippen MR) is 77.2 cm³/mol. The van der Waals surface area contributed by atoms with Crippen LogP contribution < -0.4 is 5.32 Å². The molecule has 0 amide bonds. The van der Waals surface area contributed by atoms with E-state index in [0.717, 1.165) is 16.3 Å². The fourth-order valence-corrected chi connectivity index (χ4v) is 2.27. The van der Waals surface area contributed by atoms with Gasteiger partial charge < -0.3 is 10.1 Å². The Hall–Kier alpha value is -1.59. The molecule has 0 aliphatic heterocycles. The second-order valence-corrected chi connectivity index (χ2v) is 4.85. The molecule has 0 saturated carbocycles. The highest BCUT2D eigenvalue weighted by atomic mass is 19.4. The summed E-state index contributed by atoms with van der Waals surface area (Å²) in [5, 5.41) is 5.29. The Morgan fingerprint density at radius 3 is 2.52 bits per heavy atom. The molecule has 0 aliphatic carbocycles. The SMILES string of the molecule is CNC(COCCC(F)(F)F)c1cccc2ccccc12. The van der Waals surface area contributed by atoms with E-state index >= 15 is 0 Å². The number of alkyl halides is 3. The summed E-state index contributed by atoms with van der Waals surface area (Å²) in [5.74, 6) is 0. The number of ether oxygens (including phenoxy) is 1. The molecule has 0 saturated heterocycles. The highest BCUT2D eigenvalue weighted by Crippen LogP contribution is 2.25. The third-order valence-corrected chi connectivity index (χ3v) is 3.36. The highest BCUT2D eigenvalue weighted by Gasteiger charge is 2.26. The maximum absolute atomic E-state index is 12.1. The Morgan fingerprint density at radius 1 is 1.10 bits per heavy atom. The van der Waals surface area contributed by atoms with Crippen LogP contribution >= 0.6 is 0 Å². The molecule has 1 unspecified atom stereocenters. The van der Waals surface area contributed by atoms with Crippen molar-refractivity contribution in [1.82, 2.24) is 5.32 Å². The van der Waals surface area contributed by atoms with Gasteiger partial charge in [-0.05, 0) is 23.4 Å². The third-order valence-electron chi connectivity index (χ3n) is 3.36. The van der Waals surface area contributed by atoms with Crippen molar-refractivity contribution in [2.24, 2.45) is 0 Å². The molecule has 2 aromatic rings. The highest BCUT2D eigenvalue weighted by molar-refractivity contribution is 5.86. The van der Waals surface area contributed by atoms with E-state index in [4.69, 9.17) is 4.74 Å². The van der Waals surface area contributed by atoms with Crippen molar-refractivity contribution in [3.63, 3.8) is 0 Å². The van der Waals surface area contributed by atoms with Crippen molar-refractivity contribution in [2.75, 3.05) is 20.3 Å². The Balaban J connectivity index is 2.06. The quantitative estimate of drug-likeness (QED) is 0.812. The molecular weight excluding hydrogens is 279 g/mol. The van der Waals surface area contributed by atoms with E-state index in [1.807, 2.05) is 42.5 Å². The van der Waals surface area contributed by atoms with Crippen LogP contribution in [0.3, 0.4) is 0 Å². The van der Waals surface area contributed by atoms with Crippen LogP contribution in [0, 0.1) is 0 Å². The van der Waals surface area contributed by atoms with Crippen molar-refractivity contribution < 1.29 is 17.9 Å². The maximum Gasteiger partial charge on any atom is 0.391 e. The van der Waals surface area contributed by atoms with Gasteiger partial charge in [0, 0.05) is 0 Å². The number of hydrogen-bond donors (Lipinski definition) is 1. The van der Waals surface area contributed by atoms with E-state index in [1.54, 1.807) is 7.05 Å². The standard InChI is InChI=1S/C16H18F3NO/c1-20-15(11-21-10-9-16(17,18)19)14-8-4-6-12-5-2-3-7-13(12)14/h2-8,15,20H,9-11H2,1H3. The Bertz CT molecular complexity index is 578. The van der Waals surface area contributed by atoms with Crippen molar-refractivity contribution >= 4 is 10.8 Å². The summed E-state index contributed by atoms with van der Waals surface area (Å²) in [7, 11) is 1.78. The van der Waals surface area contributed by atoms with Gasteiger partial charge in [0.15, 0.2) is 0 Å². The first-order valence-corrected chi connectivity index (χ1v) is 6.80. The molecule has 0 radical (unpaired) electrons. The van der Waals surface area contributed by atoms with Gasteiger partial charge in [-0.3, -0.25) is 0 Å². The number of rotatable bonds is 6. The van der Waals surface area contributed by atoms with E-state index in [9.17, 15) is 13.2 Å². The molecule has 0 heterocycles. The first kappa shape index (κ1) is 15.8. The van der Waals surface area contributed by atoms with Gasteiger partial charge in [-0.2, -0.15) is 13.2 Å². The molecule has 5 heteroatoms. The molecule has 2 rings (SSSR count). The molecule has 1 atom stereocenters. The number of halogens is 3. The van der Waals surface area contributed by atoms with Gasteiger partial charge in [0.05, 0.1) is 25.7 Å². The minimum atomic E-state index is -4.17. The molecule has 2 aromatic carbocycles. The van der Waals surface area contributed by atoms with Gasteiger partial charge in [0.25, 0.3) is 0 Å². The van der Waals surface area contributed by atoms with Crippen LogP contribution in [0.2, 0.25) is 0 Å². The van der Waals surface area contributed by atoms with Crippen LogP contribution in [0.1, 0.15) is 18.0 Å². The molecule has 0 aromatic heterocycles. The number of nitrogens with one attached hydrogen (secondary N) is 1. The molecule has 1 N–H and O–H groups in total. The minimum Gasteiger partial charge on any atom is -0.379 e. The molecule has 21 heavy (non-hydrogen) atoms. The average molecular weight is 297 g/mol. The lowest BCUT2D eigenvalue weighted by Gasteiger charge is -2.19. The van der Waals surface area contributed by atoms with Crippen molar-refractivity contribution in [2.45, 2.75) is 18.6 Å². The first-order valence-electron chi connectivity index (χ1n) is 6.80. The maximum atomic E-state index is 12.1. The third kappa shape index (κ3) is 4.44. The van der Waals surface area contributed by atoms with Crippen LogP contribution in [0.4, 0.5) is 13.2 Å². The van der Waals surface area contributed by atoms with Crippen LogP contribution in [0.15, 0.2) is 42.5 Å². The fourth-order valence-electron chi connectivity index (χ4n) is 2.27. The van der Waals surface area contributed by atoms with Gasteiger partial charge in [-0.1, -0.05) is 42.5 Å². The van der Waals surface area contributed by atoms with Crippen molar-refractivity contribution in [3.05, 3.63) is 48.0 Å².